The van der Waals surface area contributed by atoms with Crippen molar-refractivity contribution in [2.45, 2.75) is 45.8 Å². The summed E-state index contributed by atoms with van der Waals surface area (Å²) in [6.45, 7) is 9.77. The first kappa shape index (κ1) is 16.9. The summed E-state index contributed by atoms with van der Waals surface area (Å²) in [7, 11) is -0.502. The Morgan fingerprint density at radius 1 is 1.27 bits per heavy atom. The van der Waals surface area contributed by atoms with Crippen molar-refractivity contribution < 1.29 is 14.1 Å². The van der Waals surface area contributed by atoms with Gasteiger partial charge in [0.1, 0.15) is 5.69 Å². The molecule has 118 valence electrons. The third-order valence-corrected chi connectivity index (χ3v) is 4.26. The number of Topliss-reactive ketones (excluding diaryl/α,β-unsaturated/α-hetero) is 1. The number of nitrogens with two attached hydrogens (primary N) is 1. The number of carbonyl (C=O) groups is 1. The highest BCUT2D eigenvalue weighted by molar-refractivity contribution is 6.55. The van der Waals surface area contributed by atoms with Gasteiger partial charge in [-0.15, -0.1) is 0 Å². The van der Waals surface area contributed by atoms with Crippen molar-refractivity contribution >= 4 is 19.0 Å². The summed E-state index contributed by atoms with van der Waals surface area (Å²) in [5.41, 5.74) is 6.92. The van der Waals surface area contributed by atoms with Gasteiger partial charge in [-0.25, -0.2) is 4.98 Å². The first-order chi connectivity index (χ1) is 10.2. The molecular weight excluding hydrogens is 279 g/mol. The fourth-order valence-corrected chi connectivity index (χ4v) is 2.14. The minimum atomic E-state index is -0.502. The number of pyridine rings is 1. The monoisotopic (exact) mass is 302 g/mol. The van der Waals surface area contributed by atoms with E-state index in [0.717, 1.165) is 5.47 Å². The van der Waals surface area contributed by atoms with E-state index in [9.17, 15) is 4.79 Å². The van der Waals surface area contributed by atoms with E-state index >= 15 is 0 Å². The summed E-state index contributed by atoms with van der Waals surface area (Å²) in [5, 5.41) is 0. The van der Waals surface area contributed by atoms with Crippen LogP contribution < -0.4 is 5.73 Å². The lowest BCUT2D eigenvalue weighted by molar-refractivity contribution is 0.00578. The minimum absolute atomic E-state index is 0.0693. The number of ketones is 1. The number of aromatic nitrogens is 1. The van der Waals surface area contributed by atoms with Gasteiger partial charge < -0.3 is 15.0 Å². The summed E-state index contributed by atoms with van der Waals surface area (Å²) in [6, 6.07) is 5.32. The van der Waals surface area contributed by atoms with Crippen LogP contribution in [0.2, 0.25) is 0 Å². The maximum absolute atomic E-state index is 11.4. The molecule has 0 radical (unpaired) electrons. The number of hydrogen-bond donors (Lipinski definition) is 1. The molecule has 0 spiro atoms. The molecule has 1 aromatic heterocycles. The van der Waals surface area contributed by atoms with Gasteiger partial charge in [-0.2, -0.15) is 0 Å². The Hall–Kier alpha value is -1.50. The molecule has 0 saturated carbocycles. The smallest absolute Gasteiger partial charge is 0.400 e. The van der Waals surface area contributed by atoms with Crippen LogP contribution >= 0.6 is 0 Å². The molecule has 0 aromatic carbocycles. The normalized spacial score (nSPS) is 20.3. The zero-order chi connectivity index (χ0) is 16.5. The van der Waals surface area contributed by atoms with Crippen LogP contribution in [0.15, 0.2) is 23.7 Å². The molecule has 0 bridgehead atoms. The van der Waals surface area contributed by atoms with Gasteiger partial charge in [0, 0.05) is 13.5 Å². The van der Waals surface area contributed by atoms with Gasteiger partial charge in [-0.05, 0) is 51.4 Å². The average molecular weight is 302 g/mol. The number of nitrogens with zero attached hydrogens (tertiary/aromatic N) is 1. The highest BCUT2D eigenvalue weighted by Gasteiger charge is 2.52. The zero-order valence-corrected chi connectivity index (χ0v) is 13.8. The van der Waals surface area contributed by atoms with Gasteiger partial charge in [0.15, 0.2) is 5.78 Å². The summed E-state index contributed by atoms with van der Waals surface area (Å²) in [5.74, 6) is -0.0693. The van der Waals surface area contributed by atoms with E-state index in [4.69, 9.17) is 15.0 Å². The van der Waals surface area contributed by atoms with Crippen molar-refractivity contribution in [2.24, 2.45) is 5.73 Å². The van der Waals surface area contributed by atoms with Gasteiger partial charge in [0.2, 0.25) is 0 Å². The first-order valence-electron chi connectivity index (χ1n) is 7.40. The molecule has 22 heavy (non-hydrogen) atoms. The molecule has 6 heteroatoms. The fourth-order valence-electron chi connectivity index (χ4n) is 2.14. The molecule has 2 rings (SSSR count). The zero-order valence-electron chi connectivity index (χ0n) is 13.8. The van der Waals surface area contributed by atoms with Crippen molar-refractivity contribution in [1.29, 1.82) is 0 Å². The predicted octanol–water partition coefficient (Wildman–Crippen LogP) is 2.26. The maximum atomic E-state index is 11.4. The van der Waals surface area contributed by atoms with E-state index in [0.29, 0.717) is 17.9 Å². The van der Waals surface area contributed by atoms with Crippen molar-refractivity contribution in [3.8, 4) is 0 Å². The Balaban J connectivity index is 2.29. The average Bonchev–Trinajstić information content (AvgIpc) is 2.65. The number of hydrogen-bond acceptors (Lipinski definition) is 5. The molecule has 1 aliphatic rings. The molecule has 0 aliphatic carbocycles. The van der Waals surface area contributed by atoms with Gasteiger partial charge in [0.05, 0.1) is 16.9 Å². The molecule has 5 nitrogen and oxygen atoms in total. The second-order valence-corrected chi connectivity index (χ2v) is 6.52. The van der Waals surface area contributed by atoms with Crippen LogP contribution in [0.4, 0.5) is 0 Å². The van der Waals surface area contributed by atoms with Crippen LogP contribution in [0.3, 0.4) is 0 Å². The van der Waals surface area contributed by atoms with Crippen molar-refractivity contribution in [1.82, 2.24) is 4.98 Å². The van der Waals surface area contributed by atoms with Crippen molar-refractivity contribution in [3.05, 3.63) is 35.1 Å². The van der Waals surface area contributed by atoms with Crippen molar-refractivity contribution in [2.75, 3.05) is 6.54 Å². The molecular formula is C16H23BN2O3. The summed E-state index contributed by atoms with van der Waals surface area (Å²) in [4.78, 5) is 15.7. The Kier molecular flexibility index (Phi) is 4.56. The number of carbonyl (C=O) groups excluding carboxylic acids is 1. The summed E-state index contributed by atoms with van der Waals surface area (Å²) >= 11 is 0. The SMILES string of the molecule is CC(=O)c1cccc(C=C(CN)B2OC(C)(C)C(C)(C)O2)n1. The fraction of sp³-hybridized carbons (Fsp3) is 0.500. The van der Waals surface area contributed by atoms with E-state index in [1.54, 1.807) is 12.1 Å². The van der Waals surface area contributed by atoms with E-state index in [1.807, 2.05) is 39.8 Å². The first-order valence-corrected chi connectivity index (χ1v) is 7.40. The highest BCUT2D eigenvalue weighted by atomic mass is 16.7. The Morgan fingerprint density at radius 3 is 2.36 bits per heavy atom. The summed E-state index contributed by atoms with van der Waals surface area (Å²) in [6.07, 6.45) is 1.83. The van der Waals surface area contributed by atoms with Gasteiger partial charge in [0.25, 0.3) is 0 Å². The standard InChI is InChI=1S/C16H23BN2O3/c1-11(20)14-8-6-7-13(19-14)9-12(10-18)17-21-15(2,3)16(4,5)22-17/h6-9H,10,18H2,1-5H3. The molecule has 0 atom stereocenters. The number of rotatable bonds is 4. The highest BCUT2D eigenvalue weighted by Crippen LogP contribution is 2.38. The minimum Gasteiger partial charge on any atom is -0.400 e. The molecule has 0 unspecified atom stereocenters. The molecule has 2 N–H and O–H groups in total. The molecule has 1 saturated heterocycles. The lowest BCUT2D eigenvalue weighted by atomic mass is 9.77. The molecule has 1 fully saturated rings. The molecule has 2 heterocycles. The summed E-state index contributed by atoms with van der Waals surface area (Å²) < 4.78 is 12.0. The van der Waals surface area contributed by atoms with E-state index in [1.165, 1.54) is 6.92 Å². The largest absolute Gasteiger partial charge is 0.491 e. The van der Waals surface area contributed by atoms with Crippen LogP contribution in [0.1, 0.15) is 50.8 Å². The molecule has 1 aliphatic heterocycles. The Bertz CT molecular complexity index is 595. The van der Waals surface area contributed by atoms with Gasteiger partial charge >= 0.3 is 7.12 Å². The second kappa shape index (κ2) is 5.95. The molecule has 1 aromatic rings. The maximum Gasteiger partial charge on any atom is 0.491 e. The Morgan fingerprint density at radius 2 is 1.86 bits per heavy atom. The van der Waals surface area contributed by atoms with Gasteiger partial charge in [-0.3, -0.25) is 4.79 Å². The third-order valence-electron chi connectivity index (χ3n) is 4.26. The second-order valence-electron chi connectivity index (χ2n) is 6.52. The van der Waals surface area contributed by atoms with Crippen LogP contribution in [-0.4, -0.2) is 35.6 Å². The Labute approximate surface area is 132 Å². The quantitative estimate of drug-likeness (QED) is 0.682. The predicted molar refractivity (Wildman–Crippen MR) is 87.4 cm³/mol. The third kappa shape index (κ3) is 3.29. The van der Waals surface area contributed by atoms with Crippen LogP contribution in [0.5, 0.6) is 0 Å². The van der Waals surface area contributed by atoms with E-state index in [2.05, 4.69) is 4.98 Å². The lowest BCUT2D eigenvalue weighted by Gasteiger charge is -2.32. The van der Waals surface area contributed by atoms with Crippen LogP contribution in [0.25, 0.3) is 6.08 Å². The van der Waals surface area contributed by atoms with E-state index in [-0.39, 0.29) is 5.78 Å². The lowest BCUT2D eigenvalue weighted by Crippen LogP contribution is -2.41. The van der Waals surface area contributed by atoms with Crippen LogP contribution in [-0.2, 0) is 9.31 Å². The van der Waals surface area contributed by atoms with Crippen molar-refractivity contribution in [3.63, 3.8) is 0 Å². The van der Waals surface area contributed by atoms with Gasteiger partial charge in [-0.1, -0.05) is 6.07 Å². The van der Waals surface area contributed by atoms with E-state index < -0.39 is 18.3 Å². The topological polar surface area (TPSA) is 74.4 Å². The molecule has 0 amide bonds. The van der Waals surface area contributed by atoms with Crippen LogP contribution in [0, 0.1) is 0 Å².